The Morgan fingerprint density at radius 2 is 1.81 bits per heavy atom. The first-order valence-corrected chi connectivity index (χ1v) is 12.6. The number of H-pyrrole nitrogens is 1. The maximum atomic E-state index is 12.8. The Morgan fingerprint density at radius 3 is 2.39 bits per heavy atom. The molecule has 0 aliphatic carbocycles. The maximum absolute atomic E-state index is 12.8. The van der Waals surface area contributed by atoms with E-state index in [-0.39, 0.29) is 18.2 Å². The molecule has 1 aromatic heterocycles. The third-order valence-electron chi connectivity index (χ3n) is 7.08. The van der Waals surface area contributed by atoms with Crippen LogP contribution < -0.4 is 10.6 Å². The van der Waals surface area contributed by atoms with Gasteiger partial charge in [-0.3, -0.25) is 9.59 Å². The number of nitrogens with one attached hydrogen (secondary N) is 3. The molecule has 2 heterocycles. The van der Waals surface area contributed by atoms with Crippen molar-refractivity contribution in [2.45, 2.75) is 96.9 Å². The molecule has 1 aliphatic rings. The lowest BCUT2D eigenvalue weighted by Gasteiger charge is -2.29. The average molecular weight is 496 g/mol. The summed E-state index contributed by atoms with van der Waals surface area (Å²) in [7, 11) is 0. The topological polar surface area (TPSA) is 114 Å². The molecule has 3 rings (SSSR count). The highest BCUT2D eigenvalue weighted by molar-refractivity contribution is 5.97. The van der Waals surface area contributed by atoms with Crippen LogP contribution in [0.4, 0.5) is 0 Å². The number of benzene rings is 1. The van der Waals surface area contributed by atoms with Crippen LogP contribution in [0.25, 0.3) is 10.9 Å². The molecular formula is C29H41N3O4. The molecule has 0 radical (unpaired) electrons. The molecule has 7 nitrogen and oxygen atoms in total. The van der Waals surface area contributed by atoms with Crippen molar-refractivity contribution in [1.82, 2.24) is 15.6 Å². The number of fused-ring (bicyclic) bond motifs is 1. The van der Waals surface area contributed by atoms with E-state index in [0.29, 0.717) is 12.8 Å². The number of allylic oxidation sites excluding steroid dienone is 3. The van der Waals surface area contributed by atoms with Gasteiger partial charge in [0.1, 0.15) is 12.1 Å². The molecule has 1 aromatic carbocycles. The molecule has 2 amide bonds. The largest absolute Gasteiger partial charge is 0.390 e. The molecule has 2 aromatic rings. The Labute approximate surface area is 214 Å². The van der Waals surface area contributed by atoms with E-state index < -0.39 is 29.2 Å². The number of aliphatic hydroxyl groups is 2. The first-order valence-electron chi connectivity index (χ1n) is 12.6. The monoisotopic (exact) mass is 495 g/mol. The van der Waals surface area contributed by atoms with Crippen LogP contribution in [0.1, 0.15) is 70.9 Å². The summed E-state index contributed by atoms with van der Waals surface area (Å²) < 4.78 is 0. The average Bonchev–Trinajstić information content (AvgIpc) is 3.14. The lowest BCUT2D eigenvalue weighted by Crippen LogP contribution is -2.61. The van der Waals surface area contributed by atoms with Gasteiger partial charge in [0.2, 0.25) is 11.8 Å². The summed E-state index contributed by atoms with van der Waals surface area (Å²) in [6.07, 6.45) is 4.33. The van der Waals surface area contributed by atoms with Crippen LogP contribution in [-0.4, -0.2) is 50.8 Å². The molecule has 0 spiro atoms. The van der Waals surface area contributed by atoms with E-state index >= 15 is 0 Å². The minimum absolute atomic E-state index is 0.206. The van der Waals surface area contributed by atoms with Crippen molar-refractivity contribution in [1.29, 1.82) is 0 Å². The Morgan fingerprint density at radius 1 is 1.14 bits per heavy atom. The molecule has 196 valence electrons. The summed E-state index contributed by atoms with van der Waals surface area (Å²) in [6.45, 7) is 17.1. The van der Waals surface area contributed by atoms with Crippen molar-refractivity contribution >= 4 is 22.7 Å². The van der Waals surface area contributed by atoms with Crippen LogP contribution in [0, 0.1) is 0 Å². The molecule has 7 heteroatoms. The molecular weight excluding hydrogens is 454 g/mol. The Bertz CT molecular complexity index is 1200. The molecule has 0 bridgehead atoms. The number of hydrogen-bond acceptors (Lipinski definition) is 4. The molecule has 0 unspecified atom stereocenters. The van der Waals surface area contributed by atoms with Crippen LogP contribution >= 0.6 is 0 Å². The molecule has 1 saturated heterocycles. The number of piperazine rings is 1. The summed E-state index contributed by atoms with van der Waals surface area (Å²) in [6, 6.07) is 2.93. The number of aromatic amines is 1. The molecule has 0 saturated carbocycles. The van der Waals surface area contributed by atoms with E-state index in [0.717, 1.165) is 33.3 Å². The van der Waals surface area contributed by atoms with Gasteiger partial charge in [-0.15, -0.1) is 6.58 Å². The summed E-state index contributed by atoms with van der Waals surface area (Å²) in [5.41, 5.74) is 4.15. The Balaban J connectivity index is 2.23. The minimum atomic E-state index is -1.26. The van der Waals surface area contributed by atoms with Crippen molar-refractivity contribution < 1.29 is 19.8 Å². The van der Waals surface area contributed by atoms with Gasteiger partial charge in [0.15, 0.2) is 0 Å². The fourth-order valence-electron chi connectivity index (χ4n) is 4.50. The van der Waals surface area contributed by atoms with E-state index in [1.807, 2.05) is 19.9 Å². The number of hydrogen-bond donors (Lipinski definition) is 5. The smallest absolute Gasteiger partial charge is 0.243 e. The van der Waals surface area contributed by atoms with Crippen LogP contribution in [0.5, 0.6) is 0 Å². The lowest BCUT2D eigenvalue weighted by molar-refractivity contribution is -0.136. The SMILES string of the molecule is C=CC(C)(C)c1[nH]c2c(C[C@@H](O)C(C)(C)O)cc(CC=C(C)C)cc2c1C[C@@H]1NC(=O)[C@H](C)NC1=O. The first-order chi connectivity index (χ1) is 16.6. The number of rotatable bonds is 9. The Kier molecular flexibility index (Phi) is 7.86. The highest BCUT2D eigenvalue weighted by Crippen LogP contribution is 2.36. The van der Waals surface area contributed by atoms with Crippen LogP contribution in [-0.2, 0) is 34.3 Å². The summed E-state index contributed by atoms with van der Waals surface area (Å²) >= 11 is 0. The number of carbonyl (C=O) groups is 2. The number of aromatic nitrogens is 1. The van der Waals surface area contributed by atoms with Crippen LogP contribution in [0.15, 0.2) is 36.4 Å². The minimum Gasteiger partial charge on any atom is -0.390 e. The van der Waals surface area contributed by atoms with Gasteiger partial charge in [-0.25, -0.2) is 0 Å². The molecule has 1 fully saturated rings. The number of carbonyl (C=O) groups excluding carboxylic acids is 2. The number of amides is 2. The molecule has 36 heavy (non-hydrogen) atoms. The van der Waals surface area contributed by atoms with E-state index in [1.54, 1.807) is 20.8 Å². The zero-order valence-corrected chi connectivity index (χ0v) is 22.6. The van der Waals surface area contributed by atoms with Gasteiger partial charge in [0.05, 0.1) is 11.7 Å². The van der Waals surface area contributed by atoms with Gasteiger partial charge in [-0.05, 0) is 63.8 Å². The van der Waals surface area contributed by atoms with Gasteiger partial charge >= 0.3 is 0 Å². The van der Waals surface area contributed by atoms with Gasteiger partial charge in [0.25, 0.3) is 0 Å². The van der Waals surface area contributed by atoms with E-state index in [2.05, 4.69) is 54.3 Å². The van der Waals surface area contributed by atoms with E-state index in [4.69, 9.17) is 0 Å². The van der Waals surface area contributed by atoms with Gasteiger partial charge in [-0.1, -0.05) is 37.6 Å². The third kappa shape index (κ3) is 5.90. The fraction of sp³-hybridized carbons (Fsp3) is 0.517. The van der Waals surface area contributed by atoms with Crippen molar-refractivity contribution in [2.24, 2.45) is 0 Å². The number of aliphatic hydroxyl groups excluding tert-OH is 1. The van der Waals surface area contributed by atoms with Gasteiger partial charge < -0.3 is 25.8 Å². The van der Waals surface area contributed by atoms with Crippen molar-refractivity contribution in [2.75, 3.05) is 0 Å². The van der Waals surface area contributed by atoms with Crippen LogP contribution in [0.2, 0.25) is 0 Å². The normalized spacial score (nSPS) is 19.6. The maximum Gasteiger partial charge on any atom is 0.243 e. The third-order valence-corrected chi connectivity index (χ3v) is 7.08. The van der Waals surface area contributed by atoms with Crippen molar-refractivity contribution in [3.8, 4) is 0 Å². The second-order valence-corrected chi connectivity index (χ2v) is 11.4. The highest BCUT2D eigenvalue weighted by atomic mass is 16.3. The molecule has 3 atom stereocenters. The lowest BCUT2D eigenvalue weighted by atomic mass is 9.84. The fourth-order valence-corrected chi connectivity index (χ4v) is 4.50. The zero-order chi connectivity index (χ0) is 27.0. The second kappa shape index (κ2) is 10.2. The Hall–Kier alpha value is -2.90. The molecule has 1 aliphatic heterocycles. The first kappa shape index (κ1) is 27.7. The second-order valence-electron chi connectivity index (χ2n) is 11.4. The van der Waals surface area contributed by atoms with Gasteiger partial charge in [0, 0.05) is 34.9 Å². The zero-order valence-electron chi connectivity index (χ0n) is 22.6. The van der Waals surface area contributed by atoms with Crippen molar-refractivity contribution in [3.63, 3.8) is 0 Å². The van der Waals surface area contributed by atoms with E-state index in [9.17, 15) is 19.8 Å². The van der Waals surface area contributed by atoms with Crippen LogP contribution in [0.3, 0.4) is 0 Å². The van der Waals surface area contributed by atoms with E-state index in [1.165, 1.54) is 5.57 Å². The highest BCUT2D eigenvalue weighted by Gasteiger charge is 2.34. The summed E-state index contributed by atoms with van der Waals surface area (Å²) in [4.78, 5) is 28.7. The molecule has 5 N–H and O–H groups in total. The van der Waals surface area contributed by atoms with Gasteiger partial charge in [-0.2, -0.15) is 0 Å². The van der Waals surface area contributed by atoms with Crippen molar-refractivity contribution in [3.05, 3.63) is 58.8 Å². The predicted octanol–water partition coefficient (Wildman–Crippen LogP) is 3.36. The summed E-state index contributed by atoms with van der Waals surface area (Å²) in [5.74, 6) is -0.417. The predicted molar refractivity (Wildman–Crippen MR) is 144 cm³/mol. The summed E-state index contributed by atoms with van der Waals surface area (Å²) in [5, 5.41) is 27.7. The standard InChI is InChI=1S/C29H41N3O4/c1-9-28(5,6)25-21(15-22-27(35)30-17(4)26(34)31-22)20-13-18(11-10-16(2)3)12-19(24(20)32-25)14-23(33)29(7,8)36/h9-10,12-13,17,22-23,32-33,36H,1,11,14-15H2,2-8H3,(H,30,35)(H,31,34)/t17-,22-,23+/m0/s1. The quantitative estimate of drug-likeness (QED) is 0.343.